The first-order chi connectivity index (χ1) is 8.46. The van der Waals surface area contributed by atoms with E-state index in [0.29, 0.717) is 6.61 Å². The number of rotatable bonds is 6. The van der Waals surface area contributed by atoms with Gasteiger partial charge in [-0.05, 0) is 6.92 Å². The van der Waals surface area contributed by atoms with E-state index in [1.165, 1.54) is 12.4 Å². The number of hydrogen-bond donors (Lipinski definition) is 0. The highest BCUT2D eigenvalue weighted by molar-refractivity contribution is 6.18. The molecule has 0 unspecified atom stereocenters. The molecule has 1 aromatic rings. The van der Waals surface area contributed by atoms with Gasteiger partial charge in [0, 0.05) is 12.4 Å². The van der Waals surface area contributed by atoms with Crippen LogP contribution in [-0.4, -0.2) is 41.7 Å². The van der Waals surface area contributed by atoms with E-state index < -0.39 is 12.7 Å². The molecule has 0 radical (unpaired) electrons. The number of alkyl halides is 4. The van der Waals surface area contributed by atoms with Crippen LogP contribution in [0.15, 0.2) is 12.4 Å². The second-order valence-corrected chi connectivity index (χ2v) is 3.75. The molecular weight excluding hydrogens is 271 g/mol. The van der Waals surface area contributed by atoms with Gasteiger partial charge in [0.25, 0.3) is 0 Å². The van der Waals surface area contributed by atoms with Crippen molar-refractivity contribution in [3.63, 3.8) is 0 Å². The average molecular weight is 284 g/mol. The lowest BCUT2D eigenvalue weighted by Crippen LogP contribution is -2.36. The van der Waals surface area contributed by atoms with Crippen molar-refractivity contribution in [1.82, 2.24) is 9.97 Å². The van der Waals surface area contributed by atoms with Gasteiger partial charge in [-0.25, -0.2) is 0 Å². The monoisotopic (exact) mass is 283 g/mol. The Morgan fingerprint density at radius 2 is 2.11 bits per heavy atom. The van der Waals surface area contributed by atoms with Crippen molar-refractivity contribution in [3.8, 4) is 5.88 Å². The van der Waals surface area contributed by atoms with Crippen LogP contribution in [0.4, 0.5) is 19.0 Å². The second-order valence-electron chi connectivity index (χ2n) is 3.37. The molecule has 4 nitrogen and oxygen atoms in total. The summed E-state index contributed by atoms with van der Waals surface area (Å²) in [5.41, 5.74) is 0. The Morgan fingerprint density at radius 1 is 1.39 bits per heavy atom. The van der Waals surface area contributed by atoms with E-state index in [4.69, 9.17) is 16.3 Å². The highest BCUT2D eigenvalue weighted by Gasteiger charge is 2.31. The molecule has 0 bridgehead atoms. The molecule has 8 heteroatoms. The summed E-state index contributed by atoms with van der Waals surface area (Å²) in [6.45, 7) is 1.03. The predicted octanol–water partition coefficient (Wildman–Crippen LogP) is 2.48. The SMILES string of the molecule is CCOc1cncc(N(CCCl)CC(F)(F)F)n1. The maximum absolute atomic E-state index is 12.4. The Kier molecular flexibility index (Phi) is 5.46. The molecule has 0 aliphatic carbocycles. The van der Waals surface area contributed by atoms with Gasteiger partial charge in [0.05, 0.1) is 19.0 Å². The van der Waals surface area contributed by atoms with Crippen molar-refractivity contribution < 1.29 is 17.9 Å². The summed E-state index contributed by atoms with van der Waals surface area (Å²) in [6.07, 6.45) is -1.73. The van der Waals surface area contributed by atoms with E-state index in [9.17, 15) is 13.2 Å². The largest absolute Gasteiger partial charge is 0.477 e. The van der Waals surface area contributed by atoms with Gasteiger partial charge < -0.3 is 9.64 Å². The number of hydrogen-bond acceptors (Lipinski definition) is 4. The molecule has 0 saturated carbocycles. The Bertz CT molecular complexity index is 376. The number of ether oxygens (including phenoxy) is 1. The van der Waals surface area contributed by atoms with E-state index in [-0.39, 0.29) is 24.1 Å². The molecule has 18 heavy (non-hydrogen) atoms. The van der Waals surface area contributed by atoms with Crippen molar-refractivity contribution >= 4 is 17.4 Å². The summed E-state index contributed by atoms with van der Waals surface area (Å²) in [4.78, 5) is 8.76. The van der Waals surface area contributed by atoms with E-state index in [1.807, 2.05) is 0 Å². The standard InChI is InChI=1S/C10H13ClF3N3O/c1-2-18-9-6-15-5-8(16-9)17(4-3-11)7-10(12,13)14/h5-6H,2-4,7H2,1H3. The lowest BCUT2D eigenvalue weighted by molar-refractivity contribution is -0.119. The first-order valence-corrected chi connectivity index (χ1v) is 5.82. The quantitative estimate of drug-likeness (QED) is 0.752. The molecule has 1 rings (SSSR count). The fourth-order valence-electron chi connectivity index (χ4n) is 1.30. The minimum atomic E-state index is -4.32. The molecular formula is C10H13ClF3N3O. The normalized spacial score (nSPS) is 11.4. The van der Waals surface area contributed by atoms with Gasteiger partial charge in [0.1, 0.15) is 6.54 Å². The van der Waals surface area contributed by atoms with E-state index in [1.54, 1.807) is 6.92 Å². The topological polar surface area (TPSA) is 38.2 Å². The summed E-state index contributed by atoms with van der Waals surface area (Å²) < 4.78 is 42.3. The smallest absolute Gasteiger partial charge is 0.405 e. The predicted molar refractivity (Wildman–Crippen MR) is 62.2 cm³/mol. The van der Waals surface area contributed by atoms with Crippen LogP contribution in [0.3, 0.4) is 0 Å². The summed E-state index contributed by atoms with van der Waals surface area (Å²) in [5.74, 6) is 0.354. The zero-order chi connectivity index (χ0) is 13.6. The molecule has 1 heterocycles. The highest BCUT2D eigenvalue weighted by Crippen LogP contribution is 2.21. The van der Waals surface area contributed by atoms with Crippen LogP contribution < -0.4 is 9.64 Å². The molecule has 0 aromatic carbocycles. The van der Waals surface area contributed by atoms with Crippen LogP contribution in [0.1, 0.15) is 6.92 Å². The first-order valence-electron chi connectivity index (χ1n) is 5.28. The summed E-state index contributed by atoms with van der Waals surface area (Å²) in [5, 5.41) is 0. The van der Waals surface area contributed by atoms with Crippen LogP contribution in [0.25, 0.3) is 0 Å². The zero-order valence-corrected chi connectivity index (χ0v) is 10.5. The molecule has 1 aromatic heterocycles. The first kappa shape index (κ1) is 14.8. The van der Waals surface area contributed by atoms with E-state index >= 15 is 0 Å². The highest BCUT2D eigenvalue weighted by atomic mass is 35.5. The lowest BCUT2D eigenvalue weighted by atomic mass is 10.4. The molecule has 0 spiro atoms. The van der Waals surface area contributed by atoms with Crippen molar-refractivity contribution in [3.05, 3.63) is 12.4 Å². The zero-order valence-electron chi connectivity index (χ0n) is 9.74. The van der Waals surface area contributed by atoms with Crippen LogP contribution in [-0.2, 0) is 0 Å². The van der Waals surface area contributed by atoms with Gasteiger partial charge in [-0.15, -0.1) is 11.6 Å². The maximum Gasteiger partial charge on any atom is 0.405 e. The van der Waals surface area contributed by atoms with Crippen LogP contribution in [0.2, 0.25) is 0 Å². The minimum Gasteiger partial charge on any atom is -0.477 e. The van der Waals surface area contributed by atoms with Gasteiger partial charge in [0.15, 0.2) is 5.82 Å². The Morgan fingerprint density at radius 3 is 2.67 bits per heavy atom. The molecule has 0 atom stereocenters. The third-order valence-electron chi connectivity index (χ3n) is 1.94. The minimum absolute atomic E-state index is 0.0331. The molecule has 0 saturated heterocycles. The molecule has 0 N–H and O–H groups in total. The molecule has 0 aliphatic heterocycles. The fourth-order valence-corrected chi connectivity index (χ4v) is 1.51. The summed E-state index contributed by atoms with van der Waals surface area (Å²) in [6, 6.07) is 0. The Hall–Kier alpha value is -1.24. The van der Waals surface area contributed by atoms with E-state index in [2.05, 4.69) is 9.97 Å². The Balaban J connectivity index is 2.87. The van der Waals surface area contributed by atoms with Gasteiger partial charge in [0.2, 0.25) is 5.88 Å². The van der Waals surface area contributed by atoms with Crippen molar-refractivity contribution in [2.75, 3.05) is 30.5 Å². The fraction of sp³-hybridized carbons (Fsp3) is 0.600. The van der Waals surface area contributed by atoms with Crippen molar-refractivity contribution in [2.45, 2.75) is 13.1 Å². The Labute approximate surface area is 108 Å². The van der Waals surface area contributed by atoms with Gasteiger partial charge in [-0.3, -0.25) is 4.98 Å². The number of anilines is 1. The second kappa shape index (κ2) is 6.63. The average Bonchev–Trinajstić information content (AvgIpc) is 2.28. The van der Waals surface area contributed by atoms with E-state index in [0.717, 1.165) is 4.90 Å². The van der Waals surface area contributed by atoms with Gasteiger partial charge >= 0.3 is 6.18 Å². The molecule has 102 valence electrons. The number of aromatic nitrogens is 2. The molecule has 0 aliphatic rings. The maximum atomic E-state index is 12.4. The summed E-state index contributed by atoms with van der Waals surface area (Å²) >= 11 is 5.49. The van der Waals surface area contributed by atoms with Gasteiger partial charge in [-0.2, -0.15) is 18.2 Å². The number of halogens is 4. The van der Waals surface area contributed by atoms with Crippen LogP contribution in [0, 0.1) is 0 Å². The van der Waals surface area contributed by atoms with Crippen molar-refractivity contribution in [1.29, 1.82) is 0 Å². The third-order valence-corrected chi connectivity index (χ3v) is 2.11. The third kappa shape index (κ3) is 4.95. The van der Waals surface area contributed by atoms with Gasteiger partial charge in [-0.1, -0.05) is 0 Å². The van der Waals surface area contributed by atoms with Crippen molar-refractivity contribution in [2.24, 2.45) is 0 Å². The molecule has 0 amide bonds. The van der Waals surface area contributed by atoms with Crippen LogP contribution in [0.5, 0.6) is 5.88 Å². The molecule has 0 fully saturated rings. The summed E-state index contributed by atoms with van der Waals surface area (Å²) in [7, 11) is 0. The number of nitrogens with zero attached hydrogens (tertiary/aromatic N) is 3. The van der Waals surface area contributed by atoms with Crippen LogP contribution >= 0.6 is 11.6 Å². The lowest BCUT2D eigenvalue weighted by Gasteiger charge is -2.23.